The number of para-hydroxylation sites is 1. The van der Waals surface area contributed by atoms with Crippen molar-refractivity contribution in [3.63, 3.8) is 0 Å². The Labute approximate surface area is 202 Å². The monoisotopic (exact) mass is 471 g/mol. The van der Waals surface area contributed by atoms with E-state index in [4.69, 9.17) is 15.2 Å². The number of hydrogen-bond donors (Lipinski definition) is 1. The second-order valence-corrected chi connectivity index (χ2v) is 8.59. The first kappa shape index (κ1) is 22.5. The van der Waals surface area contributed by atoms with Gasteiger partial charge in [0.1, 0.15) is 16.7 Å². The molecule has 0 radical (unpaired) electrons. The van der Waals surface area contributed by atoms with E-state index in [-0.39, 0.29) is 35.9 Å². The molecule has 8 heteroatoms. The van der Waals surface area contributed by atoms with Gasteiger partial charge in [-0.3, -0.25) is 9.59 Å². The molecule has 0 fully saturated rings. The summed E-state index contributed by atoms with van der Waals surface area (Å²) in [5, 5.41) is 0. The maximum atomic E-state index is 14.5. The second kappa shape index (κ2) is 8.16. The van der Waals surface area contributed by atoms with Crippen LogP contribution in [-0.4, -0.2) is 23.1 Å². The van der Waals surface area contributed by atoms with E-state index >= 15 is 0 Å². The summed E-state index contributed by atoms with van der Waals surface area (Å²) >= 11 is 0. The van der Waals surface area contributed by atoms with Crippen LogP contribution in [0, 0.1) is 6.92 Å². The number of rotatable bonds is 4. The van der Waals surface area contributed by atoms with Crippen molar-refractivity contribution in [3.8, 4) is 5.75 Å². The number of ether oxygens (including phenoxy) is 2. The molecule has 0 unspecified atom stereocenters. The summed E-state index contributed by atoms with van der Waals surface area (Å²) in [4.78, 5) is 43.2. The molecule has 2 N–H and O–H groups in total. The van der Waals surface area contributed by atoms with Crippen molar-refractivity contribution in [2.75, 3.05) is 11.5 Å². The number of carbonyl (C=O) groups excluding carboxylic acids is 2. The summed E-state index contributed by atoms with van der Waals surface area (Å²) in [6.07, 6.45) is 0. The van der Waals surface area contributed by atoms with Crippen LogP contribution in [-0.2, 0) is 33.3 Å². The van der Waals surface area contributed by atoms with Crippen LogP contribution >= 0.6 is 0 Å². The Bertz CT molecular complexity index is 1460. The van der Waals surface area contributed by atoms with Crippen LogP contribution in [0.5, 0.6) is 5.75 Å². The van der Waals surface area contributed by atoms with Crippen LogP contribution in [0.25, 0.3) is 0 Å². The van der Waals surface area contributed by atoms with Crippen LogP contribution in [0.1, 0.15) is 29.3 Å². The Balaban J connectivity index is 1.87. The van der Waals surface area contributed by atoms with Gasteiger partial charge in [-0.1, -0.05) is 48.5 Å². The molecule has 35 heavy (non-hydrogen) atoms. The van der Waals surface area contributed by atoms with Crippen molar-refractivity contribution in [2.24, 2.45) is 12.8 Å². The Morgan fingerprint density at radius 2 is 1.77 bits per heavy atom. The first-order valence-electron chi connectivity index (χ1n) is 11.3. The fraction of sp³-hybridized carbons (Fsp3) is 0.222. The largest absolute Gasteiger partial charge is 0.462 e. The molecule has 178 valence electrons. The van der Waals surface area contributed by atoms with Gasteiger partial charge in [0.15, 0.2) is 0 Å². The lowest BCUT2D eigenvalue weighted by atomic mass is 9.68. The average molecular weight is 472 g/mol. The number of esters is 1. The number of nitrogens with two attached hydrogens (primary N) is 1. The van der Waals surface area contributed by atoms with E-state index in [1.807, 2.05) is 36.4 Å². The molecule has 1 amide bonds. The minimum Gasteiger partial charge on any atom is -0.462 e. The van der Waals surface area contributed by atoms with E-state index in [0.717, 1.165) is 5.56 Å². The summed E-state index contributed by atoms with van der Waals surface area (Å²) in [5.74, 6) is -1.36. The molecule has 1 aromatic heterocycles. The molecule has 2 aromatic carbocycles. The molecule has 1 atom stereocenters. The quantitative estimate of drug-likeness (QED) is 0.587. The van der Waals surface area contributed by atoms with Crippen molar-refractivity contribution >= 4 is 17.6 Å². The standard InChI is InChI=1S/C27H25N3O5/c1-4-34-25(32)22-23(28)35-20-14-16(2)29(3)24(31)21(20)27(22)18-12-8-9-13-19(18)30(26(27)33)15-17-10-6-5-7-11-17/h5-14H,4,15,28H2,1-3H3/t27-/m0/s1. The molecule has 3 heterocycles. The number of benzene rings is 2. The van der Waals surface area contributed by atoms with Gasteiger partial charge in [-0.2, -0.15) is 0 Å². The smallest absolute Gasteiger partial charge is 0.341 e. The van der Waals surface area contributed by atoms with E-state index in [2.05, 4.69) is 0 Å². The first-order valence-corrected chi connectivity index (χ1v) is 11.3. The van der Waals surface area contributed by atoms with Crippen LogP contribution in [0.4, 0.5) is 5.69 Å². The number of hydrogen-bond acceptors (Lipinski definition) is 6. The molecule has 0 saturated heterocycles. The second-order valence-electron chi connectivity index (χ2n) is 8.59. The number of pyridine rings is 1. The van der Waals surface area contributed by atoms with Crippen molar-refractivity contribution in [1.29, 1.82) is 0 Å². The Morgan fingerprint density at radius 3 is 2.49 bits per heavy atom. The molecular formula is C27H25N3O5. The van der Waals surface area contributed by atoms with Gasteiger partial charge >= 0.3 is 5.97 Å². The zero-order chi connectivity index (χ0) is 24.9. The molecule has 2 aliphatic rings. The van der Waals surface area contributed by atoms with Crippen LogP contribution in [0.15, 0.2) is 76.9 Å². The molecule has 3 aromatic rings. The molecule has 2 aliphatic heterocycles. The fourth-order valence-electron chi connectivity index (χ4n) is 5.01. The SMILES string of the molecule is CCOC(=O)C1=C(N)Oc2cc(C)n(C)c(=O)c2[C@]12C(=O)N(Cc1ccccc1)c1ccccc12. The Kier molecular flexibility index (Phi) is 5.24. The predicted octanol–water partition coefficient (Wildman–Crippen LogP) is 2.65. The molecule has 0 bridgehead atoms. The van der Waals surface area contributed by atoms with Crippen molar-refractivity contribution in [2.45, 2.75) is 25.8 Å². The van der Waals surface area contributed by atoms with Gasteiger partial charge in [-0.25, -0.2) is 4.79 Å². The molecule has 0 saturated carbocycles. The third kappa shape index (κ3) is 3.10. The molecule has 0 aliphatic carbocycles. The van der Waals surface area contributed by atoms with Crippen molar-refractivity contribution in [3.05, 3.63) is 105 Å². The van der Waals surface area contributed by atoms with Gasteiger partial charge in [0.25, 0.3) is 5.56 Å². The van der Waals surface area contributed by atoms with Gasteiger partial charge in [-0.15, -0.1) is 0 Å². The van der Waals surface area contributed by atoms with Gasteiger partial charge in [0.2, 0.25) is 11.8 Å². The highest BCUT2D eigenvalue weighted by Gasteiger charge is 2.62. The van der Waals surface area contributed by atoms with Crippen molar-refractivity contribution < 1.29 is 19.1 Å². The topological polar surface area (TPSA) is 104 Å². The van der Waals surface area contributed by atoms with Gasteiger partial charge < -0.3 is 24.7 Å². The lowest BCUT2D eigenvalue weighted by Crippen LogP contribution is -2.51. The number of anilines is 1. The Hall–Kier alpha value is -4.33. The summed E-state index contributed by atoms with van der Waals surface area (Å²) in [5.41, 5.74) is 6.52. The fourth-order valence-corrected chi connectivity index (χ4v) is 5.01. The third-order valence-corrected chi connectivity index (χ3v) is 6.68. The lowest BCUT2D eigenvalue weighted by molar-refractivity contribution is -0.140. The number of aryl methyl sites for hydroxylation is 1. The number of amides is 1. The van der Waals surface area contributed by atoms with Gasteiger partial charge in [-0.05, 0) is 25.5 Å². The number of fused-ring (bicyclic) bond motifs is 4. The highest BCUT2D eigenvalue weighted by molar-refractivity contribution is 6.18. The van der Waals surface area contributed by atoms with Crippen LogP contribution < -0.4 is 20.9 Å². The maximum absolute atomic E-state index is 14.5. The number of aromatic nitrogens is 1. The third-order valence-electron chi connectivity index (χ3n) is 6.68. The van der Waals surface area contributed by atoms with Gasteiger partial charge in [0.05, 0.1) is 18.7 Å². The molecule has 1 spiro atoms. The summed E-state index contributed by atoms with van der Waals surface area (Å²) in [7, 11) is 1.62. The average Bonchev–Trinajstić information content (AvgIpc) is 3.07. The van der Waals surface area contributed by atoms with E-state index in [1.54, 1.807) is 50.1 Å². The minimum atomic E-state index is -1.81. The molecule has 8 nitrogen and oxygen atoms in total. The van der Waals surface area contributed by atoms with E-state index < -0.39 is 22.9 Å². The van der Waals surface area contributed by atoms with Crippen LogP contribution in [0.2, 0.25) is 0 Å². The maximum Gasteiger partial charge on any atom is 0.341 e. The summed E-state index contributed by atoms with van der Waals surface area (Å²) < 4.78 is 12.6. The molecule has 5 rings (SSSR count). The van der Waals surface area contributed by atoms with Crippen LogP contribution in [0.3, 0.4) is 0 Å². The minimum absolute atomic E-state index is 0.0517. The lowest BCUT2D eigenvalue weighted by Gasteiger charge is -2.35. The number of carbonyl (C=O) groups is 2. The number of nitrogens with zero attached hydrogens (tertiary/aromatic N) is 2. The normalized spacial score (nSPS) is 18.4. The zero-order valence-corrected chi connectivity index (χ0v) is 19.7. The first-order chi connectivity index (χ1) is 16.8. The highest BCUT2D eigenvalue weighted by Crippen LogP contribution is 2.54. The summed E-state index contributed by atoms with van der Waals surface area (Å²) in [6, 6.07) is 18.3. The zero-order valence-electron chi connectivity index (χ0n) is 19.7. The molecular weight excluding hydrogens is 446 g/mol. The van der Waals surface area contributed by atoms with E-state index in [9.17, 15) is 14.4 Å². The summed E-state index contributed by atoms with van der Waals surface area (Å²) in [6.45, 7) is 3.73. The Morgan fingerprint density at radius 1 is 1.09 bits per heavy atom. The van der Waals surface area contributed by atoms with Crippen molar-refractivity contribution in [1.82, 2.24) is 4.57 Å². The van der Waals surface area contributed by atoms with E-state index in [0.29, 0.717) is 16.9 Å². The predicted molar refractivity (Wildman–Crippen MR) is 130 cm³/mol. The van der Waals surface area contributed by atoms with E-state index in [1.165, 1.54) is 4.57 Å². The highest BCUT2D eigenvalue weighted by atomic mass is 16.5. The van der Waals surface area contributed by atoms with Gasteiger partial charge in [0, 0.05) is 30.1 Å².